The van der Waals surface area contributed by atoms with Crippen LogP contribution in [0.5, 0.6) is 0 Å². The van der Waals surface area contributed by atoms with E-state index in [9.17, 15) is 4.79 Å². The van der Waals surface area contributed by atoms with E-state index in [0.29, 0.717) is 17.0 Å². The van der Waals surface area contributed by atoms with Crippen molar-refractivity contribution in [2.24, 2.45) is 0 Å². The van der Waals surface area contributed by atoms with Gasteiger partial charge in [-0.05, 0) is 20.9 Å². The summed E-state index contributed by atoms with van der Waals surface area (Å²) in [5.41, 5.74) is 0. The van der Waals surface area contributed by atoms with Gasteiger partial charge < -0.3 is 4.90 Å². The van der Waals surface area contributed by atoms with E-state index in [1.807, 2.05) is 0 Å². The fourth-order valence-corrected chi connectivity index (χ4v) is 2.79. The minimum Gasteiger partial charge on any atom is -0.345 e. The Morgan fingerprint density at radius 3 is 2.56 bits per heavy atom. The Morgan fingerprint density at radius 1 is 1.44 bits per heavy atom. The van der Waals surface area contributed by atoms with Gasteiger partial charge in [0.05, 0.1) is 11.1 Å². The number of piperazine rings is 1. The summed E-state index contributed by atoms with van der Waals surface area (Å²) in [6, 6.07) is 1.04. The second kappa shape index (κ2) is 4.51. The smallest absolute Gasteiger partial charge is 0.186 e. The molecular formula is C11H17N3OS. The molecule has 0 spiro atoms. The van der Waals surface area contributed by atoms with Gasteiger partial charge in [0.25, 0.3) is 0 Å². The van der Waals surface area contributed by atoms with Crippen LogP contribution < -0.4 is 4.90 Å². The maximum Gasteiger partial charge on any atom is 0.186 e. The maximum atomic E-state index is 10.6. The summed E-state index contributed by atoms with van der Waals surface area (Å²) >= 11 is 1.47. The Morgan fingerprint density at radius 2 is 2.06 bits per heavy atom. The van der Waals surface area contributed by atoms with Gasteiger partial charge in [0.2, 0.25) is 0 Å². The highest BCUT2D eigenvalue weighted by Crippen LogP contribution is 2.25. The number of aldehydes is 1. The number of carbonyl (C=O) groups is 1. The highest BCUT2D eigenvalue weighted by molar-refractivity contribution is 7.17. The molecular weight excluding hydrogens is 222 g/mol. The molecule has 1 aromatic rings. The lowest BCUT2D eigenvalue weighted by atomic mass is 10.1. The van der Waals surface area contributed by atoms with Gasteiger partial charge >= 0.3 is 0 Å². The molecule has 1 fully saturated rings. The zero-order valence-corrected chi connectivity index (χ0v) is 10.7. The molecule has 0 bridgehead atoms. The molecule has 1 aliphatic rings. The number of rotatable bonds is 2. The molecule has 0 amide bonds. The molecule has 0 saturated carbocycles. The van der Waals surface area contributed by atoms with Crippen molar-refractivity contribution < 1.29 is 4.79 Å². The molecule has 0 aromatic carbocycles. The van der Waals surface area contributed by atoms with Crippen molar-refractivity contribution in [3.05, 3.63) is 11.1 Å². The summed E-state index contributed by atoms with van der Waals surface area (Å²) in [4.78, 5) is 20.3. The lowest BCUT2D eigenvalue weighted by Crippen LogP contribution is -2.55. The van der Waals surface area contributed by atoms with E-state index in [2.05, 4.69) is 35.7 Å². The quantitative estimate of drug-likeness (QED) is 0.733. The molecule has 16 heavy (non-hydrogen) atoms. The second-order valence-corrected chi connectivity index (χ2v) is 5.47. The number of aromatic nitrogens is 1. The van der Waals surface area contributed by atoms with Crippen LogP contribution in [0.2, 0.25) is 0 Å². The van der Waals surface area contributed by atoms with Crippen molar-refractivity contribution in [3.63, 3.8) is 0 Å². The number of carbonyl (C=O) groups excluding carboxylic acids is 1. The van der Waals surface area contributed by atoms with Crippen molar-refractivity contribution in [3.8, 4) is 0 Å². The standard InChI is InChI=1S/C11H17N3OS/c1-8-5-14(6-9(2)13(8)3)11-12-4-10(7-15)16-11/h4,7-9H,5-6H2,1-3H3. The van der Waals surface area contributed by atoms with Gasteiger partial charge in [0, 0.05) is 25.2 Å². The van der Waals surface area contributed by atoms with E-state index in [4.69, 9.17) is 0 Å². The average Bonchev–Trinajstić information content (AvgIpc) is 2.73. The zero-order chi connectivity index (χ0) is 11.7. The van der Waals surface area contributed by atoms with E-state index in [1.54, 1.807) is 6.20 Å². The summed E-state index contributed by atoms with van der Waals surface area (Å²) in [7, 11) is 2.16. The van der Waals surface area contributed by atoms with Crippen LogP contribution in [0.15, 0.2) is 6.20 Å². The molecule has 1 aromatic heterocycles. The molecule has 88 valence electrons. The molecule has 2 unspecified atom stereocenters. The molecule has 1 aliphatic heterocycles. The first-order valence-electron chi connectivity index (χ1n) is 5.49. The van der Waals surface area contributed by atoms with Crippen molar-refractivity contribution in [1.82, 2.24) is 9.88 Å². The third kappa shape index (κ3) is 2.10. The van der Waals surface area contributed by atoms with E-state index in [1.165, 1.54) is 11.3 Å². The number of thiazole rings is 1. The van der Waals surface area contributed by atoms with Crippen LogP contribution in [0.1, 0.15) is 23.5 Å². The van der Waals surface area contributed by atoms with Gasteiger partial charge in [0.1, 0.15) is 0 Å². The number of likely N-dealkylation sites (N-methyl/N-ethyl adjacent to an activating group) is 1. The predicted octanol–water partition coefficient (Wildman–Crippen LogP) is 1.48. The topological polar surface area (TPSA) is 36.4 Å². The van der Waals surface area contributed by atoms with E-state index in [-0.39, 0.29) is 0 Å². The van der Waals surface area contributed by atoms with Crippen LogP contribution >= 0.6 is 11.3 Å². The second-order valence-electron chi connectivity index (χ2n) is 4.43. The molecule has 1 saturated heterocycles. The van der Waals surface area contributed by atoms with Gasteiger partial charge in [-0.25, -0.2) is 4.98 Å². The number of nitrogens with zero attached hydrogens (tertiary/aromatic N) is 3. The van der Waals surface area contributed by atoms with Gasteiger partial charge in [-0.2, -0.15) is 0 Å². The number of anilines is 1. The van der Waals surface area contributed by atoms with Crippen LogP contribution in [0.3, 0.4) is 0 Å². The van der Waals surface area contributed by atoms with Crippen molar-refractivity contribution in [2.75, 3.05) is 25.0 Å². The van der Waals surface area contributed by atoms with E-state index < -0.39 is 0 Å². The summed E-state index contributed by atoms with van der Waals surface area (Å²) in [6.07, 6.45) is 2.52. The maximum absolute atomic E-state index is 10.6. The molecule has 2 rings (SSSR count). The Kier molecular flexibility index (Phi) is 3.25. The van der Waals surface area contributed by atoms with Gasteiger partial charge in [-0.15, -0.1) is 0 Å². The van der Waals surface area contributed by atoms with E-state index in [0.717, 1.165) is 24.5 Å². The largest absolute Gasteiger partial charge is 0.345 e. The first-order valence-corrected chi connectivity index (χ1v) is 6.31. The summed E-state index contributed by atoms with van der Waals surface area (Å²) in [5.74, 6) is 0. The Bertz CT molecular complexity index is 367. The Labute approximate surface area is 99.9 Å². The first kappa shape index (κ1) is 11.5. The molecule has 0 radical (unpaired) electrons. The fourth-order valence-electron chi connectivity index (χ4n) is 2.04. The Hall–Kier alpha value is -0.940. The van der Waals surface area contributed by atoms with Crippen LogP contribution in [-0.2, 0) is 0 Å². The van der Waals surface area contributed by atoms with Crippen molar-refractivity contribution in [1.29, 1.82) is 0 Å². The van der Waals surface area contributed by atoms with Gasteiger partial charge in [-0.1, -0.05) is 11.3 Å². The highest BCUT2D eigenvalue weighted by Gasteiger charge is 2.27. The molecule has 2 heterocycles. The Balaban J connectivity index is 2.13. The SMILES string of the molecule is CC1CN(c2ncc(C=O)s2)CC(C)N1C. The predicted molar refractivity (Wildman–Crippen MR) is 66.4 cm³/mol. The first-order chi connectivity index (χ1) is 7.61. The molecule has 4 nitrogen and oxygen atoms in total. The van der Waals surface area contributed by atoms with Crippen LogP contribution in [0.4, 0.5) is 5.13 Å². The normalized spacial score (nSPS) is 27.1. The summed E-state index contributed by atoms with van der Waals surface area (Å²) in [6.45, 7) is 6.40. The lowest BCUT2D eigenvalue weighted by molar-refractivity contribution is 0.112. The molecule has 2 atom stereocenters. The fraction of sp³-hybridized carbons (Fsp3) is 0.636. The number of hydrogen-bond donors (Lipinski definition) is 0. The van der Waals surface area contributed by atoms with Crippen LogP contribution in [0.25, 0.3) is 0 Å². The van der Waals surface area contributed by atoms with Crippen LogP contribution in [0, 0.1) is 0 Å². The highest BCUT2D eigenvalue weighted by atomic mass is 32.1. The summed E-state index contributed by atoms with van der Waals surface area (Å²) < 4.78 is 0. The average molecular weight is 239 g/mol. The van der Waals surface area contributed by atoms with E-state index >= 15 is 0 Å². The molecule has 0 N–H and O–H groups in total. The zero-order valence-electron chi connectivity index (χ0n) is 9.88. The lowest BCUT2D eigenvalue weighted by Gasteiger charge is -2.42. The number of hydrogen-bond acceptors (Lipinski definition) is 5. The van der Waals surface area contributed by atoms with Gasteiger partial charge in [-0.3, -0.25) is 9.69 Å². The van der Waals surface area contributed by atoms with Crippen LogP contribution in [-0.4, -0.2) is 48.4 Å². The van der Waals surface area contributed by atoms with Crippen molar-refractivity contribution in [2.45, 2.75) is 25.9 Å². The third-order valence-electron chi connectivity index (χ3n) is 3.26. The minimum absolute atomic E-state index is 0.521. The van der Waals surface area contributed by atoms with Gasteiger partial charge in [0.15, 0.2) is 11.4 Å². The third-order valence-corrected chi connectivity index (χ3v) is 4.24. The van der Waals surface area contributed by atoms with Crippen molar-refractivity contribution >= 4 is 22.8 Å². The summed E-state index contributed by atoms with van der Waals surface area (Å²) in [5, 5.41) is 0.967. The minimum atomic E-state index is 0.521. The molecule has 0 aliphatic carbocycles. The molecule has 5 heteroatoms. The monoisotopic (exact) mass is 239 g/mol.